The lowest BCUT2D eigenvalue weighted by Gasteiger charge is -2.47. The van der Waals surface area contributed by atoms with Crippen LogP contribution < -0.4 is 10.6 Å². The fourth-order valence-electron chi connectivity index (χ4n) is 7.36. The first kappa shape index (κ1) is 34.4. The van der Waals surface area contributed by atoms with E-state index in [0.29, 0.717) is 60.5 Å². The van der Waals surface area contributed by atoms with Crippen LogP contribution >= 0.6 is 11.6 Å². The molecule has 9 nitrogen and oxygen atoms in total. The van der Waals surface area contributed by atoms with Gasteiger partial charge in [-0.3, -0.25) is 19.2 Å². The van der Waals surface area contributed by atoms with E-state index in [4.69, 9.17) is 11.6 Å². The number of H-pyrrole nitrogens is 1. The van der Waals surface area contributed by atoms with Crippen LogP contribution in [-0.4, -0.2) is 63.5 Å². The smallest absolute Gasteiger partial charge is 0.251 e. The summed E-state index contributed by atoms with van der Waals surface area (Å²) in [5, 5.41) is 6.41. The first-order valence-corrected chi connectivity index (χ1v) is 17.4. The van der Waals surface area contributed by atoms with Crippen molar-refractivity contribution in [3.8, 4) is 0 Å². The number of hydrogen-bond donors (Lipinski definition) is 3. The van der Waals surface area contributed by atoms with Gasteiger partial charge in [-0.1, -0.05) is 68.1 Å². The molecular formula is C37H46ClN5O4. The van der Waals surface area contributed by atoms with E-state index < -0.39 is 23.9 Å². The van der Waals surface area contributed by atoms with Crippen molar-refractivity contribution in [3.05, 3.63) is 89.0 Å². The van der Waals surface area contributed by atoms with Crippen LogP contribution in [0.15, 0.2) is 67.0 Å². The Labute approximate surface area is 282 Å². The van der Waals surface area contributed by atoms with Gasteiger partial charge in [-0.15, -0.1) is 0 Å². The van der Waals surface area contributed by atoms with Crippen molar-refractivity contribution in [1.29, 1.82) is 0 Å². The van der Waals surface area contributed by atoms with Gasteiger partial charge in [0.15, 0.2) is 0 Å². The van der Waals surface area contributed by atoms with Crippen LogP contribution in [0, 0.1) is 11.3 Å². The second-order valence-electron chi connectivity index (χ2n) is 13.0. The highest BCUT2D eigenvalue weighted by atomic mass is 35.5. The van der Waals surface area contributed by atoms with Crippen molar-refractivity contribution < 1.29 is 19.2 Å². The molecule has 1 aliphatic carbocycles. The Morgan fingerprint density at radius 1 is 0.936 bits per heavy atom. The largest absolute Gasteiger partial charge is 0.349 e. The number of imidazole rings is 1. The SMILES string of the molecule is CCCC(=O)C1(C2CCCCC2)CCN(C(=O)[C@@H](Cc2ccc(Cl)cc2)NC(=O)[C@@H](Cc2ncc[nH]2)NC(=O)c2ccccc2)CC1. The first-order chi connectivity index (χ1) is 22.8. The molecule has 0 spiro atoms. The van der Waals surface area contributed by atoms with Crippen LogP contribution in [0.25, 0.3) is 0 Å². The molecule has 2 aromatic carbocycles. The standard InChI is InChI=1S/C37H46ClN5O4/c1-2-9-32(44)37(28-12-7-4-8-13-28)18-22-43(23-19-37)36(47)31(24-26-14-16-29(38)17-15-26)42-35(46)30(25-33-39-20-21-40-33)41-34(45)27-10-5-3-6-11-27/h3,5-6,10-11,14-17,20-21,28,30-31H,2,4,7-9,12-13,18-19,22-25H2,1H3,(H,39,40)(H,41,45)(H,42,46)/t30-,31-/m1/s1. The Hall–Kier alpha value is -3.98. The molecule has 3 amide bonds. The zero-order valence-electron chi connectivity index (χ0n) is 27.2. The van der Waals surface area contributed by atoms with Gasteiger partial charge in [0, 0.05) is 60.7 Å². The van der Waals surface area contributed by atoms with Crippen LogP contribution in [0.1, 0.15) is 86.5 Å². The van der Waals surface area contributed by atoms with Gasteiger partial charge in [0.25, 0.3) is 5.91 Å². The van der Waals surface area contributed by atoms with Gasteiger partial charge in [-0.2, -0.15) is 0 Å². The molecule has 2 heterocycles. The lowest BCUT2D eigenvalue weighted by atomic mass is 9.61. The summed E-state index contributed by atoms with van der Waals surface area (Å²) in [6.07, 6.45) is 12.0. The third kappa shape index (κ3) is 8.69. The molecule has 5 rings (SSSR count). The normalized spacial score (nSPS) is 17.8. The number of nitrogens with one attached hydrogen (secondary N) is 3. The molecule has 3 aromatic rings. The highest BCUT2D eigenvalue weighted by molar-refractivity contribution is 6.30. The summed E-state index contributed by atoms with van der Waals surface area (Å²) in [5.74, 6) is 0.174. The Bertz CT molecular complexity index is 1480. The molecule has 1 aliphatic heterocycles. The number of aromatic amines is 1. The van der Waals surface area contributed by atoms with Crippen LogP contribution in [0.4, 0.5) is 0 Å². The van der Waals surface area contributed by atoms with Crippen molar-refractivity contribution in [2.45, 2.75) is 89.6 Å². The molecule has 1 saturated heterocycles. The topological polar surface area (TPSA) is 124 Å². The molecule has 0 unspecified atom stereocenters. The van der Waals surface area contributed by atoms with Crippen molar-refractivity contribution >= 4 is 35.1 Å². The van der Waals surface area contributed by atoms with Crippen molar-refractivity contribution in [1.82, 2.24) is 25.5 Å². The number of ketones is 1. The Morgan fingerprint density at radius 3 is 2.28 bits per heavy atom. The predicted octanol–water partition coefficient (Wildman–Crippen LogP) is 5.69. The van der Waals surface area contributed by atoms with Crippen molar-refractivity contribution in [2.24, 2.45) is 11.3 Å². The maximum absolute atomic E-state index is 14.3. The molecule has 2 atom stereocenters. The summed E-state index contributed by atoms with van der Waals surface area (Å²) in [6, 6.07) is 14.0. The Morgan fingerprint density at radius 2 is 1.64 bits per heavy atom. The number of nitrogens with zero attached hydrogens (tertiary/aromatic N) is 2. The summed E-state index contributed by atoms with van der Waals surface area (Å²) in [5.41, 5.74) is 0.888. The third-order valence-corrected chi connectivity index (χ3v) is 10.2. The number of benzene rings is 2. The minimum absolute atomic E-state index is 0.117. The number of halogens is 1. The van der Waals surface area contributed by atoms with Crippen LogP contribution in [0.3, 0.4) is 0 Å². The molecule has 47 heavy (non-hydrogen) atoms. The van der Waals surface area contributed by atoms with Gasteiger partial charge < -0.3 is 20.5 Å². The molecule has 0 bridgehead atoms. The van der Waals surface area contributed by atoms with E-state index in [-0.39, 0.29) is 24.2 Å². The third-order valence-electron chi connectivity index (χ3n) is 9.96. The summed E-state index contributed by atoms with van der Waals surface area (Å²) in [6.45, 7) is 2.99. The maximum atomic E-state index is 14.3. The van der Waals surface area contributed by atoms with Crippen molar-refractivity contribution in [2.75, 3.05) is 13.1 Å². The van der Waals surface area contributed by atoms with Gasteiger partial charge in [-0.05, 0) is 67.9 Å². The Balaban J connectivity index is 1.35. The molecule has 3 N–H and O–H groups in total. The highest BCUT2D eigenvalue weighted by Gasteiger charge is 2.47. The van der Waals surface area contributed by atoms with Gasteiger partial charge in [0.2, 0.25) is 11.8 Å². The molecule has 0 radical (unpaired) electrons. The summed E-state index contributed by atoms with van der Waals surface area (Å²) >= 11 is 6.14. The van der Waals surface area contributed by atoms with Gasteiger partial charge in [0.1, 0.15) is 23.7 Å². The zero-order valence-corrected chi connectivity index (χ0v) is 27.9. The highest BCUT2D eigenvalue weighted by Crippen LogP contribution is 2.47. The minimum Gasteiger partial charge on any atom is -0.349 e. The number of carbonyl (C=O) groups is 4. The molecule has 1 saturated carbocycles. The van der Waals surface area contributed by atoms with Gasteiger partial charge in [-0.25, -0.2) is 4.98 Å². The van der Waals surface area contributed by atoms with Crippen LogP contribution in [0.2, 0.25) is 5.02 Å². The average Bonchev–Trinajstić information content (AvgIpc) is 3.62. The number of carbonyl (C=O) groups excluding carboxylic acids is 4. The molecule has 2 aliphatic rings. The summed E-state index contributed by atoms with van der Waals surface area (Å²) < 4.78 is 0. The summed E-state index contributed by atoms with van der Waals surface area (Å²) in [4.78, 5) is 64.0. The number of amides is 3. The fraction of sp³-hybridized carbons (Fsp3) is 0.486. The minimum atomic E-state index is -0.985. The lowest BCUT2D eigenvalue weighted by Crippen LogP contribution is -2.58. The van der Waals surface area contributed by atoms with E-state index in [1.807, 2.05) is 23.1 Å². The van der Waals surface area contributed by atoms with Crippen LogP contribution in [0.5, 0.6) is 0 Å². The van der Waals surface area contributed by atoms with E-state index in [2.05, 4.69) is 27.5 Å². The number of hydrogen-bond acceptors (Lipinski definition) is 5. The van der Waals surface area contributed by atoms with E-state index in [1.54, 1.807) is 48.8 Å². The maximum Gasteiger partial charge on any atom is 0.251 e. The van der Waals surface area contributed by atoms with Gasteiger partial charge >= 0.3 is 0 Å². The number of piperidine rings is 1. The van der Waals surface area contributed by atoms with E-state index >= 15 is 0 Å². The molecule has 1 aromatic heterocycles. The molecule has 2 fully saturated rings. The number of likely N-dealkylation sites (tertiary alicyclic amines) is 1. The Kier molecular flexibility index (Phi) is 11.9. The number of Topliss-reactive ketones (excluding diaryl/α,β-unsaturated/α-hetero) is 1. The second-order valence-corrected chi connectivity index (χ2v) is 13.4. The van der Waals surface area contributed by atoms with Crippen molar-refractivity contribution in [3.63, 3.8) is 0 Å². The molecule has 10 heteroatoms. The summed E-state index contributed by atoms with van der Waals surface area (Å²) in [7, 11) is 0. The predicted molar refractivity (Wildman–Crippen MR) is 182 cm³/mol. The lowest BCUT2D eigenvalue weighted by molar-refractivity contribution is -0.145. The quantitative estimate of drug-likeness (QED) is 0.218. The van der Waals surface area contributed by atoms with Gasteiger partial charge in [0.05, 0.1) is 0 Å². The zero-order chi connectivity index (χ0) is 33.2. The number of rotatable bonds is 13. The van der Waals surface area contributed by atoms with Crippen LogP contribution in [-0.2, 0) is 27.2 Å². The van der Waals surface area contributed by atoms with E-state index in [9.17, 15) is 19.2 Å². The monoisotopic (exact) mass is 659 g/mol. The van der Waals surface area contributed by atoms with E-state index in [1.165, 1.54) is 6.42 Å². The second kappa shape index (κ2) is 16.2. The molecule has 250 valence electrons. The average molecular weight is 660 g/mol. The number of aromatic nitrogens is 2. The fourth-order valence-corrected chi connectivity index (χ4v) is 7.49. The first-order valence-electron chi connectivity index (χ1n) is 17.0. The molecular weight excluding hydrogens is 614 g/mol. The van der Waals surface area contributed by atoms with E-state index in [0.717, 1.165) is 37.7 Å².